The number of nitrogens with zero attached hydrogens (tertiary/aromatic N) is 1. The quantitative estimate of drug-likeness (QED) is 0.828. The average molecular weight is 360 g/mol. The summed E-state index contributed by atoms with van der Waals surface area (Å²) in [7, 11) is 0. The molecular formula is C20H19F3N2O. The van der Waals surface area contributed by atoms with Crippen LogP contribution in [0, 0.1) is 17.5 Å². The first-order valence-corrected chi connectivity index (χ1v) is 8.81. The molecule has 2 unspecified atom stereocenters. The molecule has 1 N–H and O–H groups in total. The van der Waals surface area contributed by atoms with Crippen LogP contribution in [0.15, 0.2) is 36.4 Å². The number of fused-ring (bicyclic) bond motifs is 2. The minimum Gasteiger partial charge on any atom is -0.337 e. The number of hydrogen-bond donors (Lipinski definition) is 1. The Morgan fingerprint density at radius 1 is 0.923 bits per heavy atom. The van der Waals surface area contributed by atoms with Crippen molar-refractivity contribution < 1.29 is 18.0 Å². The number of nitrogens with one attached hydrogen (secondary N) is 1. The van der Waals surface area contributed by atoms with Gasteiger partial charge in [0.1, 0.15) is 0 Å². The zero-order valence-electron chi connectivity index (χ0n) is 14.1. The van der Waals surface area contributed by atoms with Crippen LogP contribution < -0.4 is 5.32 Å². The van der Waals surface area contributed by atoms with Gasteiger partial charge in [0, 0.05) is 30.7 Å². The summed E-state index contributed by atoms with van der Waals surface area (Å²) in [5.41, 5.74) is 1.29. The standard InChI is InChI=1S/C20H19F3N2O/c21-17-9-14(10-18(22)19(17)23)12-1-3-13(4-2-12)20(26)25-8-7-15-5-6-16(11-25)24-15/h1-4,9-10,15-16,24H,5-8,11H2. The lowest BCUT2D eigenvalue weighted by atomic mass is 10.0. The maximum Gasteiger partial charge on any atom is 0.253 e. The third kappa shape index (κ3) is 3.21. The highest BCUT2D eigenvalue weighted by Gasteiger charge is 2.31. The Labute approximate surface area is 149 Å². The van der Waals surface area contributed by atoms with Crippen LogP contribution in [0.2, 0.25) is 0 Å². The van der Waals surface area contributed by atoms with Crippen molar-refractivity contribution in [3.8, 4) is 11.1 Å². The van der Waals surface area contributed by atoms with E-state index in [0.717, 1.165) is 31.5 Å². The first-order valence-electron chi connectivity index (χ1n) is 8.81. The number of halogens is 3. The van der Waals surface area contributed by atoms with E-state index < -0.39 is 17.5 Å². The van der Waals surface area contributed by atoms with E-state index in [0.29, 0.717) is 29.8 Å². The zero-order valence-corrected chi connectivity index (χ0v) is 14.1. The molecule has 2 bridgehead atoms. The van der Waals surface area contributed by atoms with Gasteiger partial charge < -0.3 is 10.2 Å². The fourth-order valence-corrected chi connectivity index (χ4v) is 3.84. The molecule has 2 aliphatic heterocycles. The van der Waals surface area contributed by atoms with Crippen LogP contribution in [0.5, 0.6) is 0 Å². The molecule has 136 valence electrons. The zero-order chi connectivity index (χ0) is 18.3. The van der Waals surface area contributed by atoms with E-state index in [1.54, 1.807) is 24.3 Å². The Morgan fingerprint density at radius 2 is 1.58 bits per heavy atom. The molecule has 3 nitrogen and oxygen atoms in total. The lowest BCUT2D eigenvalue weighted by Crippen LogP contribution is -2.39. The fourth-order valence-electron chi connectivity index (χ4n) is 3.84. The van der Waals surface area contributed by atoms with E-state index in [4.69, 9.17) is 0 Å². The highest BCUT2D eigenvalue weighted by molar-refractivity contribution is 5.94. The predicted molar refractivity (Wildman–Crippen MR) is 92.2 cm³/mol. The third-order valence-electron chi connectivity index (χ3n) is 5.26. The highest BCUT2D eigenvalue weighted by atomic mass is 19.2. The monoisotopic (exact) mass is 360 g/mol. The van der Waals surface area contributed by atoms with Gasteiger partial charge in [0.25, 0.3) is 5.91 Å². The molecule has 2 heterocycles. The van der Waals surface area contributed by atoms with E-state index >= 15 is 0 Å². The molecule has 0 aromatic heterocycles. The summed E-state index contributed by atoms with van der Waals surface area (Å²) in [4.78, 5) is 14.6. The van der Waals surface area contributed by atoms with Crippen molar-refractivity contribution >= 4 is 5.91 Å². The molecule has 2 aromatic rings. The van der Waals surface area contributed by atoms with E-state index in [2.05, 4.69) is 5.32 Å². The molecule has 2 atom stereocenters. The van der Waals surface area contributed by atoms with Crippen LogP contribution in [0.1, 0.15) is 29.6 Å². The van der Waals surface area contributed by atoms with Crippen LogP contribution in [0.25, 0.3) is 11.1 Å². The lowest BCUT2D eigenvalue weighted by Gasteiger charge is -2.24. The van der Waals surface area contributed by atoms with Gasteiger partial charge in [-0.25, -0.2) is 13.2 Å². The first-order chi connectivity index (χ1) is 12.5. The lowest BCUT2D eigenvalue weighted by molar-refractivity contribution is 0.0748. The SMILES string of the molecule is O=C(c1ccc(-c2cc(F)c(F)c(F)c2)cc1)N1CCC2CCC(C1)N2. The summed E-state index contributed by atoms with van der Waals surface area (Å²) in [5.74, 6) is -3.98. The molecule has 1 amide bonds. The molecule has 6 heteroatoms. The number of carbonyl (C=O) groups excluding carboxylic acids is 1. The van der Waals surface area contributed by atoms with Crippen LogP contribution >= 0.6 is 0 Å². The van der Waals surface area contributed by atoms with Gasteiger partial charge in [-0.2, -0.15) is 0 Å². The Bertz CT molecular complexity index is 814. The van der Waals surface area contributed by atoms with Crippen molar-refractivity contribution in [2.24, 2.45) is 0 Å². The Kier molecular flexibility index (Phi) is 4.44. The van der Waals surface area contributed by atoms with Crippen molar-refractivity contribution in [3.05, 3.63) is 59.4 Å². The van der Waals surface area contributed by atoms with Gasteiger partial charge in [-0.15, -0.1) is 0 Å². The van der Waals surface area contributed by atoms with Crippen LogP contribution in [0.3, 0.4) is 0 Å². The summed E-state index contributed by atoms with van der Waals surface area (Å²) < 4.78 is 39.9. The largest absolute Gasteiger partial charge is 0.337 e. The third-order valence-corrected chi connectivity index (χ3v) is 5.26. The molecule has 26 heavy (non-hydrogen) atoms. The van der Waals surface area contributed by atoms with E-state index in [9.17, 15) is 18.0 Å². The maximum atomic E-state index is 13.4. The maximum absolute atomic E-state index is 13.4. The smallest absolute Gasteiger partial charge is 0.253 e. The molecule has 0 aliphatic carbocycles. The van der Waals surface area contributed by atoms with Crippen LogP contribution in [0.4, 0.5) is 13.2 Å². The molecule has 2 saturated heterocycles. The molecule has 2 aromatic carbocycles. The van der Waals surface area contributed by atoms with Gasteiger partial charge in [-0.3, -0.25) is 4.79 Å². The Hall–Kier alpha value is -2.34. The predicted octanol–water partition coefficient (Wildman–Crippen LogP) is 3.74. The van der Waals surface area contributed by atoms with E-state index in [1.165, 1.54) is 6.42 Å². The topological polar surface area (TPSA) is 32.3 Å². The number of amides is 1. The second-order valence-corrected chi connectivity index (χ2v) is 7.01. The molecule has 4 rings (SSSR count). The van der Waals surface area contributed by atoms with Gasteiger partial charge in [0.05, 0.1) is 0 Å². The number of likely N-dealkylation sites (tertiary alicyclic amines) is 1. The van der Waals surface area contributed by atoms with Gasteiger partial charge in [-0.05, 0) is 54.7 Å². The molecule has 0 saturated carbocycles. The molecule has 0 radical (unpaired) electrons. The molecular weight excluding hydrogens is 341 g/mol. The summed E-state index contributed by atoms with van der Waals surface area (Å²) in [5, 5.41) is 3.54. The van der Waals surface area contributed by atoms with Crippen LogP contribution in [-0.2, 0) is 0 Å². The highest BCUT2D eigenvalue weighted by Crippen LogP contribution is 2.25. The van der Waals surface area contributed by atoms with Crippen molar-refractivity contribution in [2.45, 2.75) is 31.3 Å². The van der Waals surface area contributed by atoms with Crippen molar-refractivity contribution in [1.29, 1.82) is 0 Å². The Balaban J connectivity index is 1.53. The number of rotatable bonds is 2. The average Bonchev–Trinajstić information content (AvgIpc) is 2.97. The number of benzene rings is 2. The van der Waals surface area contributed by atoms with E-state index in [-0.39, 0.29) is 11.5 Å². The summed E-state index contributed by atoms with van der Waals surface area (Å²) in [6, 6.07) is 9.31. The van der Waals surface area contributed by atoms with Gasteiger partial charge in [0.2, 0.25) is 0 Å². The van der Waals surface area contributed by atoms with E-state index in [1.807, 2.05) is 4.90 Å². The van der Waals surface area contributed by atoms with Crippen LogP contribution in [-0.4, -0.2) is 36.0 Å². The second-order valence-electron chi connectivity index (χ2n) is 7.01. The normalized spacial score (nSPS) is 22.3. The summed E-state index contributed by atoms with van der Waals surface area (Å²) in [6.07, 6.45) is 3.22. The van der Waals surface area contributed by atoms with Crippen molar-refractivity contribution in [3.63, 3.8) is 0 Å². The number of carbonyl (C=O) groups is 1. The van der Waals surface area contributed by atoms with Gasteiger partial charge >= 0.3 is 0 Å². The molecule has 0 spiro atoms. The summed E-state index contributed by atoms with van der Waals surface area (Å²) >= 11 is 0. The minimum absolute atomic E-state index is 0.0395. The second kappa shape index (κ2) is 6.76. The van der Waals surface area contributed by atoms with Gasteiger partial charge in [0.15, 0.2) is 17.5 Å². The van der Waals surface area contributed by atoms with Crippen molar-refractivity contribution in [1.82, 2.24) is 10.2 Å². The fraction of sp³-hybridized carbons (Fsp3) is 0.350. The number of hydrogen-bond acceptors (Lipinski definition) is 2. The Morgan fingerprint density at radius 3 is 2.27 bits per heavy atom. The first kappa shape index (κ1) is 17.1. The van der Waals surface area contributed by atoms with Gasteiger partial charge in [-0.1, -0.05) is 12.1 Å². The molecule has 2 aliphatic rings. The minimum atomic E-state index is -1.48. The summed E-state index contributed by atoms with van der Waals surface area (Å²) in [6.45, 7) is 1.43. The van der Waals surface area contributed by atoms with Crippen molar-refractivity contribution in [2.75, 3.05) is 13.1 Å². The molecule has 2 fully saturated rings.